The van der Waals surface area contributed by atoms with Crippen molar-refractivity contribution >= 4 is 28.2 Å². The Hall–Kier alpha value is -1.14. The molecule has 2 rings (SSSR count). The molecule has 0 amide bonds. The average molecular weight is 344 g/mol. The Morgan fingerprint density at radius 3 is 2.45 bits per heavy atom. The third-order valence-electron chi connectivity index (χ3n) is 2.54. The zero-order valence-electron chi connectivity index (χ0n) is 12.2. The summed E-state index contributed by atoms with van der Waals surface area (Å²) in [7, 11) is 0. The highest BCUT2D eigenvalue weighted by Crippen LogP contribution is 2.14. The van der Waals surface area contributed by atoms with Crippen molar-refractivity contribution in [2.75, 3.05) is 31.1 Å². The van der Waals surface area contributed by atoms with E-state index >= 15 is 0 Å². The van der Waals surface area contributed by atoms with Gasteiger partial charge in [-0.25, -0.2) is 4.98 Å². The number of ether oxygens (including phenoxy) is 1. The molecular weight excluding hydrogens is 322 g/mol. The van der Waals surface area contributed by atoms with E-state index in [9.17, 15) is 4.79 Å². The molecule has 1 saturated heterocycles. The number of hydrogen-bond acceptors (Lipinski definition) is 5. The lowest BCUT2D eigenvalue weighted by Crippen LogP contribution is -2.43. The highest BCUT2D eigenvalue weighted by Gasteiger charge is 2.10. The molecule has 0 atom stereocenters. The van der Waals surface area contributed by atoms with E-state index in [1.807, 2.05) is 32.9 Å². The van der Waals surface area contributed by atoms with Crippen LogP contribution in [-0.2, 0) is 9.53 Å². The van der Waals surface area contributed by atoms with E-state index in [2.05, 4.69) is 41.9 Å². The first-order valence-electron chi connectivity index (χ1n) is 6.62. The van der Waals surface area contributed by atoms with Crippen molar-refractivity contribution in [3.63, 3.8) is 0 Å². The monoisotopic (exact) mass is 343 g/mol. The van der Waals surface area contributed by atoms with Crippen LogP contribution >= 0.6 is 15.9 Å². The van der Waals surface area contributed by atoms with Gasteiger partial charge in [-0.05, 0) is 48.8 Å². The summed E-state index contributed by atoms with van der Waals surface area (Å²) in [5.74, 6) is 1.07. The maximum Gasteiger partial charge on any atom is 0.293 e. The van der Waals surface area contributed by atoms with Crippen LogP contribution < -0.4 is 10.2 Å². The van der Waals surface area contributed by atoms with Crippen molar-refractivity contribution < 1.29 is 9.53 Å². The largest absolute Gasteiger partial charge is 0.462 e. The summed E-state index contributed by atoms with van der Waals surface area (Å²) < 4.78 is 5.45. The summed E-state index contributed by atoms with van der Waals surface area (Å²) in [5.41, 5.74) is -0.318. The molecule has 0 spiro atoms. The molecule has 0 saturated carbocycles. The maximum atomic E-state index is 9.60. The van der Waals surface area contributed by atoms with Crippen molar-refractivity contribution in [3.05, 3.63) is 22.8 Å². The minimum Gasteiger partial charge on any atom is -0.462 e. The lowest BCUT2D eigenvalue weighted by atomic mass is 10.2. The number of carbonyl (C=O) groups excluding carboxylic acids is 1. The van der Waals surface area contributed by atoms with E-state index in [1.165, 1.54) is 0 Å². The van der Waals surface area contributed by atoms with Gasteiger partial charge >= 0.3 is 0 Å². The summed E-state index contributed by atoms with van der Waals surface area (Å²) in [5, 5.41) is 3.32. The van der Waals surface area contributed by atoms with Crippen LogP contribution in [0.2, 0.25) is 0 Å². The molecule has 0 bridgehead atoms. The van der Waals surface area contributed by atoms with Crippen LogP contribution in [0.1, 0.15) is 20.8 Å². The second-order valence-electron chi connectivity index (χ2n) is 5.38. The van der Waals surface area contributed by atoms with Crippen LogP contribution in [0.4, 0.5) is 5.82 Å². The van der Waals surface area contributed by atoms with Crippen LogP contribution in [-0.4, -0.2) is 43.2 Å². The molecule has 5 nitrogen and oxygen atoms in total. The standard InChI is InChI=1S/C9H12BrN3.C5H10O2/c10-8-2-1-3-9(12-8)13-6-4-11-5-7-13;1-5(2,3)7-4-6/h1-3,11H,4-7H2;4H,1-3H3. The predicted octanol–water partition coefficient (Wildman–Crippen LogP) is 2.21. The second-order valence-corrected chi connectivity index (χ2v) is 6.19. The number of pyridine rings is 1. The smallest absolute Gasteiger partial charge is 0.293 e. The number of rotatable bonds is 2. The molecule has 6 heteroatoms. The Bertz CT molecular complexity index is 415. The first kappa shape index (κ1) is 16.9. The molecule has 0 aliphatic carbocycles. The number of aromatic nitrogens is 1. The van der Waals surface area contributed by atoms with Gasteiger partial charge in [0.25, 0.3) is 6.47 Å². The van der Waals surface area contributed by atoms with Gasteiger partial charge in [-0.2, -0.15) is 0 Å². The maximum absolute atomic E-state index is 9.60. The molecule has 112 valence electrons. The van der Waals surface area contributed by atoms with Crippen molar-refractivity contribution in [2.24, 2.45) is 0 Å². The third-order valence-corrected chi connectivity index (χ3v) is 2.98. The molecule has 0 radical (unpaired) electrons. The Kier molecular flexibility index (Phi) is 6.95. The van der Waals surface area contributed by atoms with E-state index in [0.29, 0.717) is 6.47 Å². The lowest BCUT2D eigenvalue weighted by Gasteiger charge is -2.28. The first-order chi connectivity index (χ1) is 9.42. The molecule has 1 aromatic heterocycles. The topological polar surface area (TPSA) is 54.5 Å². The van der Waals surface area contributed by atoms with Gasteiger partial charge in [-0.1, -0.05) is 6.07 Å². The summed E-state index contributed by atoms with van der Waals surface area (Å²) in [4.78, 5) is 16.3. The molecule has 1 aliphatic heterocycles. The van der Waals surface area contributed by atoms with Gasteiger partial charge in [-0.3, -0.25) is 4.79 Å². The Morgan fingerprint density at radius 2 is 2.00 bits per heavy atom. The second kappa shape index (κ2) is 8.21. The third kappa shape index (κ3) is 6.86. The van der Waals surface area contributed by atoms with Crippen LogP contribution in [0.5, 0.6) is 0 Å². The Balaban J connectivity index is 0.000000246. The van der Waals surface area contributed by atoms with Crippen molar-refractivity contribution in [2.45, 2.75) is 26.4 Å². The number of carbonyl (C=O) groups is 1. The quantitative estimate of drug-likeness (QED) is 0.659. The van der Waals surface area contributed by atoms with Gasteiger partial charge in [0, 0.05) is 26.2 Å². The van der Waals surface area contributed by atoms with Crippen molar-refractivity contribution in [3.8, 4) is 0 Å². The zero-order chi connectivity index (χ0) is 15.0. The normalized spacial score (nSPS) is 15.1. The molecule has 0 aromatic carbocycles. The van der Waals surface area contributed by atoms with Crippen molar-refractivity contribution in [1.29, 1.82) is 0 Å². The highest BCUT2D eigenvalue weighted by atomic mass is 79.9. The number of anilines is 1. The van der Waals surface area contributed by atoms with Crippen LogP contribution in [0, 0.1) is 0 Å². The van der Waals surface area contributed by atoms with E-state index in [4.69, 9.17) is 0 Å². The molecule has 1 fully saturated rings. The van der Waals surface area contributed by atoms with Gasteiger partial charge in [0.1, 0.15) is 16.0 Å². The van der Waals surface area contributed by atoms with E-state index in [-0.39, 0.29) is 5.60 Å². The molecule has 2 heterocycles. The van der Waals surface area contributed by atoms with Gasteiger partial charge < -0.3 is 15.0 Å². The number of nitrogens with one attached hydrogen (secondary N) is 1. The van der Waals surface area contributed by atoms with Gasteiger partial charge in [0.05, 0.1) is 0 Å². The lowest BCUT2D eigenvalue weighted by molar-refractivity contribution is -0.138. The number of piperazine rings is 1. The number of halogens is 1. The predicted molar refractivity (Wildman–Crippen MR) is 83.9 cm³/mol. The fraction of sp³-hybridized carbons (Fsp3) is 0.571. The Morgan fingerprint density at radius 1 is 1.35 bits per heavy atom. The Labute approximate surface area is 128 Å². The highest BCUT2D eigenvalue weighted by molar-refractivity contribution is 9.10. The van der Waals surface area contributed by atoms with Crippen molar-refractivity contribution in [1.82, 2.24) is 10.3 Å². The summed E-state index contributed by atoms with van der Waals surface area (Å²) in [6, 6.07) is 6.02. The van der Waals surface area contributed by atoms with Gasteiger partial charge in [0.2, 0.25) is 0 Å². The zero-order valence-corrected chi connectivity index (χ0v) is 13.8. The summed E-state index contributed by atoms with van der Waals surface area (Å²) in [6.45, 7) is 10.1. The number of nitrogens with zero attached hydrogens (tertiary/aromatic N) is 2. The van der Waals surface area contributed by atoms with Gasteiger partial charge in [0.15, 0.2) is 0 Å². The SMILES string of the molecule is Brc1cccc(N2CCNCC2)n1.CC(C)(C)OC=O. The van der Waals surface area contributed by atoms with Crippen LogP contribution in [0.15, 0.2) is 22.8 Å². The molecule has 0 unspecified atom stereocenters. The van der Waals surface area contributed by atoms with Gasteiger partial charge in [-0.15, -0.1) is 0 Å². The molecule has 1 aromatic rings. The molecular formula is C14H22BrN3O2. The van der Waals surface area contributed by atoms with E-state index in [0.717, 1.165) is 36.6 Å². The number of hydrogen-bond donors (Lipinski definition) is 1. The van der Waals surface area contributed by atoms with Crippen LogP contribution in [0.3, 0.4) is 0 Å². The fourth-order valence-electron chi connectivity index (χ4n) is 1.61. The minimum atomic E-state index is -0.318. The average Bonchev–Trinajstić information content (AvgIpc) is 2.39. The van der Waals surface area contributed by atoms with E-state index < -0.39 is 0 Å². The van der Waals surface area contributed by atoms with E-state index in [1.54, 1.807) is 0 Å². The summed E-state index contributed by atoms with van der Waals surface area (Å²) >= 11 is 3.38. The first-order valence-corrected chi connectivity index (χ1v) is 7.41. The fourth-order valence-corrected chi connectivity index (χ4v) is 1.95. The molecule has 20 heavy (non-hydrogen) atoms. The van der Waals surface area contributed by atoms with Crippen LogP contribution in [0.25, 0.3) is 0 Å². The summed E-state index contributed by atoms with van der Waals surface area (Å²) in [6.07, 6.45) is 0. The molecule has 1 N–H and O–H groups in total. The molecule has 1 aliphatic rings. The minimum absolute atomic E-state index is 0.318.